The molecule has 1 unspecified atom stereocenters. The van der Waals surface area contributed by atoms with Gasteiger partial charge >= 0.3 is 0 Å². The molecule has 1 saturated heterocycles. The van der Waals surface area contributed by atoms with E-state index in [1.165, 1.54) is 6.42 Å². The van der Waals surface area contributed by atoms with E-state index in [2.05, 4.69) is 19.9 Å². The van der Waals surface area contributed by atoms with E-state index in [9.17, 15) is 4.79 Å². The molecule has 136 valence electrons. The third-order valence-electron chi connectivity index (χ3n) is 4.86. The van der Waals surface area contributed by atoms with Crippen molar-refractivity contribution in [1.29, 1.82) is 0 Å². The summed E-state index contributed by atoms with van der Waals surface area (Å²) in [7, 11) is 0. The molecule has 5 nitrogen and oxygen atoms in total. The van der Waals surface area contributed by atoms with Crippen LogP contribution in [0.5, 0.6) is 0 Å². The second kappa shape index (κ2) is 8.08. The molecule has 1 fully saturated rings. The standard InChI is InChI=1S/C22H22N4O/c27-21-19-18(12-6-5-11-17-9-3-1-4-10-17)13-14-23-20(19)24-22(25-21)26-15-7-2-8-16-26/h1,3-6,9-14,19H,2,7-8,15-16H2/b11-5+,12-6+. The maximum absolute atomic E-state index is 12.7. The summed E-state index contributed by atoms with van der Waals surface area (Å²) in [6.45, 7) is 1.81. The quantitative estimate of drug-likeness (QED) is 0.774. The van der Waals surface area contributed by atoms with Gasteiger partial charge in [0.25, 0.3) is 5.91 Å². The Kier molecular flexibility index (Phi) is 5.19. The molecule has 3 heterocycles. The third-order valence-corrected chi connectivity index (χ3v) is 4.86. The number of hydrogen-bond donors (Lipinski definition) is 0. The van der Waals surface area contributed by atoms with Crippen molar-refractivity contribution in [2.75, 3.05) is 13.1 Å². The van der Waals surface area contributed by atoms with E-state index in [0.717, 1.165) is 37.1 Å². The molecule has 0 spiro atoms. The fourth-order valence-electron chi connectivity index (χ4n) is 3.44. The van der Waals surface area contributed by atoms with Crippen molar-refractivity contribution in [3.05, 3.63) is 65.8 Å². The summed E-state index contributed by atoms with van der Waals surface area (Å²) in [4.78, 5) is 28.0. The number of hydrogen-bond acceptors (Lipinski definition) is 4. The predicted octanol–water partition coefficient (Wildman–Crippen LogP) is 3.66. The lowest BCUT2D eigenvalue weighted by Gasteiger charge is -2.30. The Labute approximate surface area is 159 Å². The number of amidine groups is 1. The van der Waals surface area contributed by atoms with Crippen molar-refractivity contribution in [1.82, 2.24) is 4.90 Å². The molecule has 0 aliphatic carbocycles. The van der Waals surface area contributed by atoms with Crippen molar-refractivity contribution in [3.63, 3.8) is 0 Å². The minimum atomic E-state index is -0.495. The highest BCUT2D eigenvalue weighted by atomic mass is 16.1. The number of dihydropyridines is 1. The number of rotatable bonds is 3. The normalized spacial score (nSPS) is 22.7. The molecule has 1 amide bonds. The summed E-state index contributed by atoms with van der Waals surface area (Å²) < 4.78 is 0. The van der Waals surface area contributed by atoms with Crippen molar-refractivity contribution in [2.45, 2.75) is 19.3 Å². The average molecular weight is 358 g/mol. The lowest BCUT2D eigenvalue weighted by Crippen LogP contribution is -2.40. The molecular weight excluding hydrogens is 336 g/mol. The predicted molar refractivity (Wildman–Crippen MR) is 110 cm³/mol. The topological polar surface area (TPSA) is 57.4 Å². The van der Waals surface area contributed by atoms with Crippen LogP contribution in [-0.4, -0.2) is 41.9 Å². The Morgan fingerprint density at radius 3 is 2.56 bits per heavy atom. The first-order valence-electron chi connectivity index (χ1n) is 9.41. The van der Waals surface area contributed by atoms with Crippen LogP contribution >= 0.6 is 0 Å². The molecule has 0 bridgehead atoms. The first kappa shape index (κ1) is 17.3. The Morgan fingerprint density at radius 2 is 1.74 bits per heavy atom. The van der Waals surface area contributed by atoms with Gasteiger partial charge in [-0.2, -0.15) is 9.98 Å². The van der Waals surface area contributed by atoms with Gasteiger partial charge in [-0.25, -0.2) is 4.99 Å². The molecule has 0 saturated carbocycles. The lowest BCUT2D eigenvalue weighted by molar-refractivity contribution is -0.118. The van der Waals surface area contributed by atoms with Crippen LogP contribution in [0, 0.1) is 5.92 Å². The number of fused-ring (bicyclic) bond motifs is 1. The van der Waals surface area contributed by atoms with E-state index in [4.69, 9.17) is 0 Å². The summed E-state index contributed by atoms with van der Waals surface area (Å²) in [5.74, 6) is 0.396. The summed E-state index contributed by atoms with van der Waals surface area (Å²) in [5, 5.41) is 0. The Bertz CT molecular complexity index is 884. The average Bonchev–Trinajstić information content (AvgIpc) is 2.72. The van der Waals surface area contributed by atoms with E-state index in [1.54, 1.807) is 6.21 Å². The van der Waals surface area contributed by atoms with Crippen LogP contribution in [0.25, 0.3) is 6.08 Å². The van der Waals surface area contributed by atoms with Gasteiger partial charge in [0.2, 0.25) is 5.96 Å². The van der Waals surface area contributed by atoms with Gasteiger partial charge in [-0.1, -0.05) is 54.6 Å². The molecule has 4 rings (SSSR count). The number of likely N-dealkylation sites (tertiary alicyclic amines) is 1. The Balaban J connectivity index is 1.48. The third kappa shape index (κ3) is 4.03. The highest BCUT2D eigenvalue weighted by Gasteiger charge is 2.33. The molecule has 27 heavy (non-hydrogen) atoms. The van der Waals surface area contributed by atoms with Gasteiger partial charge in [-0.3, -0.25) is 4.79 Å². The fraction of sp³-hybridized carbons (Fsp3) is 0.273. The second-order valence-electron chi connectivity index (χ2n) is 6.77. The van der Waals surface area contributed by atoms with Crippen LogP contribution in [0.1, 0.15) is 24.8 Å². The molecular formula is C22H22N4O. The number of allylic oxidation sites excluding steroid dienone is 4. The van der Waals surface area contributed by atoms with Gasteiger partial charge < -0.3 is 4.90 Å². The highest BCUT2D eigenvalue weighted by molar-refractivity contribution is 6.20. The SMILES string of the molecule is O=C1N=C(N2CCCCC2)N=C2N=CC=C(/C=C/C=C/c3ccccc3)C12. The molecule has 1 atom stereocenters. The van der Waals surface area contributed by atoms with Gasteiger partial charge in [-0.05, 0) is 36.5 Å². The summed E-state index contributed by atoms with van der Waals surface area (Å²) in [6, 6.07) is 10.1. The molecule has 0 radical (unpaired) electrons. The largest absolute Gasteiger partial charge is 0.341 e. The van der Waals surface area contributed by atoms with Gasteiger partial charge in [0.1, 0.15) is 11.8 Å². The summed E-state index contributed by atoms with van der Waals surface area (Å²) >= 11 is 0. The van der Waals surface area contributed by atoms with Gasteiger partial charge in [-0.15, -0.1) is 0 Å². The summed E-state index contributed by atoms with van der Waals surface area (Å²) in [6.07, 6.45) is 14.9. The Hall–Kier alpha value is -3.08. The van der Waals surface area contributed by atoms with Gasteiger partial charge in [0.15, 0.2) is 0 Å². The van der Waals surface area contributed by atoms with Gasteiger partial charge in [0, 0.05) is 19.3 Å². The smallest absolute Gasteiger partial charge is 0.264 e. The maximum atomic E-state index is 12.7. The molecule has 3 aliphatic rings. The molecule has 3 aliphatic heterocycles. The number of amides is 1. The minimum Gasteiger partial charge on any atom is -0.341 e. The zero-order chi connectivity index (χ0) is 18.5. The first-order valence-corrected chi connectivity index (χ1v) is 9.41. The van der Waals surface area contributed by atoms with E-state index in [1.807, 2.05) is 60.7 Å². The maximum Gasteiger partial charge on any atom is 0.264 e. The number of nitrogens with zero attached hydrogens (tertiary/aromatic N) is 4. The number of carbonyl (C=O) groups excluding carboxylic acids is 1. The molecule has 0 aromatic heterocycles. The van der Waals surface area contributed by atoms with Crippen molar-refractivity contribution in [2.24, 2.45) is 20.9 Å². The fourth-order valence-corrected chi connectivity index (χ4v) is 3.44. The second-order valence-corrected chi connectivity index (χ2v) is 6.77. The van der Waals surface area contributed by atoms with Crippen LogP contribution in [0.4, 0.5) is 0 Å². The first-order chi connectivity index (χ1) is 13.3. The number of guanidine groups is 1. The van der Waals surface area contributed by atoms with Crippen molar-refractivity contribution in [3.8, 4) is 0 Å². The molecule has 1 aromatic carbocycles. The monoisotopic (exact) mass is 358 g/mol. The van der Waals surface area contributed by atoms with Gasteiger partial charge in [0.05, 0.1) is 0 Å². The van der Waals surface area contributed by atoms with Crippen LogP contribution in [0.3, 0.4) is 0 Å². The number of benzene rings is 1. The zero-order valence-electron chi connectivity index (χ0n) is 15.2. The van der Waals surface area contributed by atoms with E-state index in [-0.39, 0.29) is 5.91 Å². The number of piperidine rings is 1. The van der Waals surface area contributed by atoms with Crippen LogP contribution in [-0.2, 0) is 4.79 Å². The Morgan fingerprint density at radius 1 is 0.963 bits per heavy atom. The highest BCUT2D eigenvalue weighted by Crippen LogP contribution is 2.25. The zero-order valence-corrected chi connectivity index (χ0v) is 15.2. The minimum absolute atomic E-state index is 0.180. The lowest BCUT2D eigenvalue weighted by atomic mass is 9.93. The molecule has 0 N–H and O–H groups in total. The van der Waals surface area contributed by atoms with Crippen LogP contribution in [0.15, 0.2) is 75.2 Å². The van der Waals surface area contributed by atoms with Crippen LogP contribution < -0.4 is 0 Å². The molecule has 1 aromatic rings. The number of aliphatic imine (C=N–C) groups is 3. The van der Waals surface area contributed by atoms with Crippen LogP contribution in [0.2, 0.25) is 0 Å². The van der Waals surface area contributed by atoms with E-state index >= 15 is 0 Å². The summed E-state index contributed by atoms with van der Waals surface area (Å²) in [5.41, 5.74) is 2.00. The number of carbonyl (C=O) groups is 1. The molecule has 5 heteroatoms. The van der Waals surface area contributed by atoms with E-state index in [0.29, 0.717) is 11.8 Å². The van der Waals surface area contributed by atoms with E-state index < -0.39 is 5.92 Å². The van der Waals surface area contributed by atoms with Crippen molar-refractivity contribution >= 4 is 30.0 Å². The van der Waals surface area contributed by atoms with Crippen molar-refractivity contribution < 1.29 is 4.79 Å².